The highest BCUT2D eigenvalue weighted by molar-refractivity contribution is 6.30. The zero-order chi connectivity index (χ0) is 18.4. The molecule has 7 heteroatoms. The van der Waals surface area contributed by atoms with Gasteiger partial charge in [-0.1, -0.05) is 29.9 Å². The molecular formula is C18H18ClN3O3. The number of hydrogen-bond acceptors (Lipinski definition) is 5. The third kappa shape index (κ3) is 5.06. The Kier molecular flexibility index (Phi) is 6.14. The minimum absolute atomic E-state index is 0.145. The fourth-order valence-electron chi connectivity index (χ4n) is 2.06. The summed E-state index contributed by atoms with van der Waals surface area (Å²) in [5, 5.41) is 13.5. The maximum atomic E-state index is 12.3. The van der Waals surface area contributed by atoms with Crippen LogP contribution in [-0.2, 0) is 11.2 Å². The molecule has 2 aromatic rings. The van der Waals surface area contributed by atoms with Crippen molar-refractivity contribution in [1.82, 2.24) is 15.0 Å². The zero-order valence-electron chi connectivity index (χ0n) is 13.8. The SMILES string of the molecule is C=C/C(=C\C(=C)Cl)N(C)C(=O)CCc1nc(-c2ccc(O)cc2)no1. The van der Waals surface area contributed by atoms with Crippen LogP contribution in [0.3, 0.4) is 0 Å². The Morgan fingerprint density at radius 3 is 2.68 bits per heavy atom. The molecule has 0 spiro atoms. The summed E-state index contributed by atoms with van der Waals surface area (Å²) >= 11 is 5.74. The van der Waals surface area contributed by atoms with E-state index in [4.69, 9.17) is 16.1 Å². The highest BCUT2D eigenvalue weighted by atomic mass is 35.5. The summed E-state index contributed by atoms with van der Waals surface area (Å²) in [6.45, 7) is 7.23. The normalized spacial score (nSPS) is 11.2. The van der Waals surface area contributed by atoms with E-state index in [1.54, 1.807) is 25.3 Å². The first-order valence-corrected chi connectivity index (χ1v) is 7.85. The van der Waals surface area contributed by atoms with Gasteiger partial charge in [0.25, 0.3) is 0 Å². The topological polar surface area (TPSA) is 79.5 Å². The number of aromatic nitrogens is 2. The first-order valence-electron chi connectivity index (χ1n) is 7.47. The number of allylic oxidation sites excluding steroid dienone is 3. The Morgan fingerprint density at radius 2 is 2.08 bits per heavy atom. The average molecular weight is 360 g/mol. The van der Waals surface area contributed by atoms with E-state index in [0.717, 1.165) is 0 Å². The van der Waals surface area contributed by atoms with Gasteiger partial charge < -0.3 is 14.5 Å². The fraction of sp³-hybridized carbons (Fsp3) is 0.167. The highest BCUT2D eigenvalue weighted by Gasteiger charge is 2.15. The van der Waals surface area contributed by atoms with E-state index in [1.165, 1.54) is 23.1 Å². The molecule has 1 aromatic carbocycles. The summed E-state index contributed by atoms with van der Waals surface area (Å²) in [6, 6.07) is 6.45. The van der Waals surface area contributed by atoms with Crippen LogP contribution in [0.1, 0.15) is 12.3 Å². The number of aromatic hydroxyl groups is 1. The van der Waals surface area contributed by atoms with Gasteiger partial charge in [-0.05, 0) is 36.4 Å². The molecule has 2 rings (SSSR count). The van der Waals surface area contributed by atoms with Crippen LogP contribution in [-0.4, -0.2) is 33.1 Å². The lowest BCUT2D eigenvalue weighted by atomic mass is 10.2. The van der Waals surface area contributed by atoms with Crippen LogP contribution in [0.2, 0.25) is 0 Å². The summed E-state index contributed by atoms with van der Waals surface area (Å²) in [7, 11) is 1.63. The number of carbonyl (C=O) groups excluding carboxylic acids is 1. The maximum Gasteiger partial charge on any atom is 0.227 e. The largest absolute Gasteiger partial charge is 0.508 e. The minimum atomic E-state index is -0.145. The molecule has 1 aromatic heterocycles. The van der Waals surface area contributed by atoms with Crippen molar-refractivity contribution in [3.8, 4) is 17.1 Å². The average Bonchev–Trinajstić information content (AvgIpc) is 3.06. The quantitative estimate of drug-likeness (QED) is 0.763. The van der Waals surface area contributed by atoms with Crippen LogP contribution >= 0.6 is 11.6 Å². The molecule has 0 unspecified atom stereocenters. The molecule has 1 amide bonds. The van der Waals surface area contributed by atoms with Crippen LogP contribution in [0.5, 0.6) is 5.75 Å². The number of halogens is 1. The number of phenols is 1. The van der Waals surface area contributed by atoms with Gasteiger partial charge in [0, 0.05) is 36.2 Å². The Bertz CT molecular complexity index is 809. The molecule has 0 fully saturated rings. The number of amides is 1. The molecule has 0 aliphatic rings. The predicted octanol–water partition coefficient (Wildman–Crippen LogP) is 3.66. The number of likely N-dealkylation sites (N-methyl/N-ethyl adjacent to an activating group) is 1. The van der Waals surface area contributed by atoms with Gasteiger partial charge in [0.15, 0.2) is 0 Å². The number of phenolic OH excluding ortho intramolecular Hbond substituents is 1. The van der Waals surface area contributed by atoms with Gasteiger partial charge in [0.1, 0.15) is 5.75 Å². The molecule has 0 saturated heterocycles. The van der Waals surface area contributed by atoms with Gasteiger partial charge in [0.2, 0.25) is 17.6 Å². The Labute approximate surface area is 150 Å². The summed E-state index contributed by atoms with van der Waals surface area (Å²) in [5.41, 5.74) is 1.27. The number of hydrogen-bond donors (Lipinski definition) is 1. The van der Waals surface area contributed by atoms with Crippen molar-refractivity contribution in [2.75, 3.05) is 7.05 Å². The molecule has 1 heterocycles. The van der Waals surface area contributed by atoms with Crippen molar-refractivity contribution in [2.45, 2.75) is 12.8 Å². The Morgan fingerprint density at radius 1 is 1.40 bits per heavy atom. The molecule has 0 aliphatic carbocycles. The second kappa shape index (κ2) is 8.30. The number of aryl methyl sites for hydroxylation is 1. The Balaban J connectivity index is 1.99. The van der Waals surface area contributed by atoms with Crippen molar-refractivity contribution >= 4 is 17.5 Å². The van der Waals surface area contributed by atoms with Crippen LogP contribution < -0.4 is 0 Å². The number of carbonyl (C=O) groups is 1. The van der Waals surface area contributed by atoms with E-state index in [1.807, 2.05) is 0 Å². The number of benzene rings is 1. The first kappa shape index (κ1) is 18.5. The van der Waals surface area contributed by atoms with E-state index in [9.17, 15) is 9.90 Å². The molecule has 0 aliphatic heterocycles. The lowest BCUT2D eigenvalue weighted by Crippen LogP contribution is -2.25. The van der Waals surface area contributed by atoms with E-state index in [0.29, 0.717) is 34.4 Å². The summed E-state index contributed by atoms with van der Waals surface area (Å²) in [4.78, 5) is 18.0. The van der Waals surface area contributed by atoms with Crippen molar-refractivity contribution in [2.24, 2.45) is 0 Å². The molecule has 130 valence electrons. The predicted molar refractivity (Wildman–Crippen MR) is 95.8 cm³/mol. The third-order valence-electron chi connectivity index (χ3n) is 3.42. The minimum Gasteiger partial charge on any atom is -0.508 e. The van der Waals surface area contributed by atoms with Crippen LogP contribution in [0, 0.1) is 0 Å². The standard InChI is InChI=1S/C18H18ClN3O3/c1-4-14(11-12(2)19)22(3)17(24)10-9-16-20-18(21-25-16)13-5-7-15(23)8-6-13/h4-8,11,23H,1-2,9-10H2,3H3/b14-11+. The van der Waals surface area contributed by atoms with Gasteiger partial charge in [-0.3, -0.25) is 4.79 Å². The van der Waals surface area contributed by atoms with Crippen molar-refractivity contribution in [3.63, 3.8) is 0 Å². The zero-order valence-corrected chi connectivity index (χ0v) is 14.5. The first-order chi connectivity index (χ1) is 11.9. The number of rotatable bonds is 7. The number of nitrogens with zero attached hydrogens (tertiary/aromatic N) is 3. The Hall–Kier alpha value is -2.86. The molecule has 0 atom stereocenters. The summed E-state index contributed by atoms with van der Waals surface area (Å²) in [6.07, 6.45) is 3.58. The van der Waals surface area contributed by atoms with Crippen molar-refractivity contribution < 1.29 is 14.4 Å². The van der Waals surface area contributed by atoms with E-state index >= 15 is 0 Å². The second-order valence-corrected chi connectivity index (χ2v) is 5.72. The molecule has 6 nitrogen and oxygen atoms in total. The lowest BCUT2D eigenvalue weighted by molar-refractivity contribution is -0.128. The molecule has 0 bridgehead atoms. The molecular weight excluding hydrogens is 342 g/mol. The van der Waals surface area contributed by atoms with Gasteiger partial charge in [-0.2, -0.15) is 4.98 Å². The highest BCUT2D eigenvalue weighted by Crippen LogP contribution is 2.19. The molecule has 0 saturated carbocycles. The maximum absolute atomic E-state index is 12.3. The lowest BCUT2D eigenvalue weighted by Gasteiger charge is -2.17. The summed E-state index contributed by atoms with van der Waals surface area (Å²) in [5.74, 6) is 0.775. The van der Waals surface area contributed by atoms with Crippen molar-refractivity contribution in [1.29, 1.82) is 0 Å². The van der Waals surface area contributed by atoms with E-state index in [2.05, 4.69) is 23.3 Å². The molecule has 25 heavy (non-hydrogen) atoms. The molecule has 1 N–H and O–H groups in total. The van der Waals surface area contributed by atoms with Crippen LogP contribution in [0.25, 0.3) is 11.4 Å². The fourth-order valence-corrected chi connectivity index (χ4v) is 2.17. The van der Waals surface area contributed by atoms with E-state index < -0.39 is 0 Å². The third-order valence-corrected chi connectivity index (χ3v) is 3.53. The van der Waals surface area contributed by atoms with E-state index in [-0.39, 0.29) is 18.1 Å². The molecule has 0 radical (unpaired) electrons. The van der Waals surface area contributed by atoms with Gasteiger partial charge >= 0.3 is 0 Å². The monoisotopic (exact) mass is 359 g/mol. The smallest absolute Gasteiger partial charge is 0.227 e. The van der Waals surface area contributed by atoms with Crippen molar-refractivity contribution in [3.05, 3.63) is 66.2 Å². The van der Waals surface area contributed by atoms with Crippen LogP contribution in [0.4, 0.5) is 0 Å². The van der Waals surface area contributed by atoms with Gasteiger partial charge in [0.05, 0.1) is 0 Å². The van der Waals surface area contributed by atoms with Crippen LogP contribution in [0.15, 0.2) is 64.8 Å². The van der Waals surface area contributed by atoms with Gasteiger partial charge in [-0.25, -0.2) is 0 Å². The summed E-state index contributed by atoms with van der Waals surface area (Å²) < 4.78 is 5.17. The second-order valence-electron chi connectivity index (χ2n) is 5.23. The van der Waals surface area contributed by atoms with Gasteiger partial charge in [-0.15, -0.1) is 0 Å².